The van der Waals surface area contributed by atoms with E-state index < -0.39 is 0 Å². The average Bonchev–Trinajstić information content (AvgIpc) is 3.14. The molecular formula is C16H24N6O. The lowest BCUT2D eigenvalue weighted by atomic mass is 9.93. The van der Waals surface area contributed by atoms with Crippen molar-refractivity contribution in [1.82, 2.24) is 30.9 Å². The highest BCUT2D eigenvalue weighted by Gasteiger charge is 2.29. The first kappa shape index (κ1) is 16.0. The predicted octanol–water partition coefficient (Wildman–Crippen LogP) is 1.45. The van der Waals surface area contributed by atoms with Crippen molar-refractivity contribution >= 4 is 0 Å². The first-order valence-corrected chi connectivity index (χ1v) is 8.06. The van der Waals surface area contributed by atoms with E-state index in [9.17, 15) is 0 Å². The van der Waals surface area contributed by atoms with E-state index in [1.165, 1.54) is 0 Å². The zero-order valence-electron chi connectivity index (χ0n) is 13.9. The quantitative estimate of drug-likeness (QED) is 0.835. The molecular weight excluding hydrogens is 292 g/mol. The summed E-state index contributed by atoms with van der Waals surface area (Å²) in [4.78, 5) is 10.7. The van der Waals surface area contributed by atoms with Crippen molar-refractivity contribution in [3.05, 3.63) is 30.4 Å². The minimum absolute atomic E-state index is 0.499. The number of pyridine rings is 1. The summed E-state index contributed by atoms with van der Waals surface area (Å²) in [7, 11) is 2.08. The van der Waals surface area contributed by atoms with Gasteiger partial charge in [0.1, 0.15) is 0 Å². The predicted molar refractivity (Wildman–Crippen MR) is 87.2 cm³/mol. The van der Waals surface area contributed by atoms with Crippen LogP contribution in [0.5, 0.6) is 0 Å². The van der Waals surface area contributed by atoms with Crippen LogP contribution in [0.4, 0.5) is 0 Å². The lowest BCUT2D eigenvalue weighted by Crippen LogP contribution is -2.30. The standard InChI is InChI=1S/C16H24N6O/c1-11-14(12(2)20-19-11)6-8-22(3)10-15-18-16(21-23-15)13-5-4-7-17-9-13/h4-5,7,9,11-12,14,19-20H,6,8,10H2,1-3H3. The Bertz CT molecular complexity index is 606. The van der Waals surface area contributed by atoms with E-state index in [0.717, 1.165) is 18.5 Å². The maximum absolute atomic E-state index is 5.35. The van der Waals surface area contributed by atoms with E-state index in [2.05, 4.69) is 51.8 Å². The summed E-state index contributed by atoms with van der Waals surface area (Å²) in [5, 5.41) is 4.03. The van der Waals surface area contributed by atoms with E-state index >= 15 is 0 Å². The molecule has 0 bridgehead atoms. The number of hydrazine groups is 1. The lowest BCUT2D eigenvalue weighted by Gasteiger charge is -2.21. The maximum atomic E-state index is 5.35. The molecule has 3 heterocycles. The Labute approximate surface area is 136 Å². The molecule has 0 spiro atoms. The minimum atomic E-state index is 0.499. The fraction of sp³-hybridized carbons (Fsp3) is 0.562. The second kappa shape index (κ2) is 7.16. The molecule has 1 saturated heterocycles. The molecule has 7 heteroatoms. The van der Waals surface area contributed by atoms with Gasteiger partial charge in [-0.15, -0.1) is 0 Å². The monoisotopic (exact) mass is 316 g/mol. The van der Waals surface area contributed by atoms with Crippen LogP contribution in [0.15, 0.2) is 29.0 Å². The van der Waals surface area contributed by atoms with Crippen LogP contribution in [0.2, 0.25) is 0 Å². The van der Waals surface area contributed by atoms with Gasteiger partial charge in [0.25, 0.3) is 0 Å². The van der Waals surface area contributed by atoms with Crippen LogP contribution < -0.4 is 10.9 Å². The van der Waals surface area contributed by atoms with E-state index in [-0.39, 0.29) is 0 Å². The molecule has 0 amide bonds. The van der Waals surface area contributed by atoms with Crippen LogP contribution in [0, 0.1) is 5.92 Å². The molecule has 2 unspecified atom stereocenters. The van der Waals surface area contributed by atoms with Gasteiger partial charge >= 0.3 is 0 Å². The summed E-state index contributed by atoms with van der Waals surface area (Å²) in [5.74, 6) is 1.86. The Hall–Kier alpha value is -1.83. The third-order valence-electron chi connectivity index (χ3n) is 4.46. The van der Waals surface area contributed by atoms with E-state index in [1.807, 2.05) is 12.1 Å². The molecule has 1 aliphatic heterocycles. The molecule has 124 valence electrons. The Morgan fingerprint density at radius 2 is 2.04 bits per heavy atom. The van der Waals surface area contributed by atoms with Gasteiger partial charge in [-0.3, -0.25) is 20.7 Å². The van der Waals surface area contributed by atoms with Crippen molar-refractivity contribution < 1.29 is 4.52 Å². The molecule has 1 fully saturated rings. The molecule has 0 saturated carbocycles. The number of hydrogen-bond acceptors (Lipinski definition) is 7. The van der Waals surface area contributed by atoms with Gasteiger partial charge in [-0.2, -0.15) is 4.98 Å². The summed E-state index contributed by atoms with van der Waals surface area (Å²) >= 11 is 0. The van der Waals surface area contributed by atoms with Crippen molar-refractivity contribution in [1.29, 1.82) is 0 Å². The Morgan fingerprint density at radius 1 is 1.26 bits per heavy atom. The normalized spacial score (nSPS) is 24.4. The third kappa shape index (κ3) is 3.93. The van der Waals surface area contributed by atoms with Crippen molar-refractivity contribution in [3.8, 4) is 11.4 Å². The van der Waals surface area contributed by atoms with Gasteiger partial charge in [-0.25, -0.2) is 0 Å². The van der Waals surface area contributed by atoms with Crippen LogP contribution in [0.1, 0.15) is 26.2 Å². The number of rotatable bonds is 6. The highest BCUT2D eigenvalue weighted by Crippen LogP contribution is 2.19. The highest BCUT2D eigenvalue weighted by atomic mass is 16.5. The number of aromatic nitrogens is 3. The van der Waals surface area contributed by atoms with Crippen LogP contribution in [0.3, 0.4) is 0 Å². The fourth-order valence-corrected chi connectivity index (χ4v) is 3.02. The zero-order valence-corrected chi connectivity index (χ0v) is 13.9. The summed E-state index contributed by atoms with van der Waals surface area (Å²) < 4.78 is 5.35. The molecule has 0 radical (unpaired) electrons. The first-order chi connectivity index (χ1) is 11.1. The number of hydrogen-bond donors (Lipinski definition) is 2. The summed E-state index contributed by atoms with van der Waals surface area (Å²) in [6.45, 7) is 6.09. The van der Waals surface area contributed by atoms with E-state index in [0.29, 0.717) is 36.3 Å². The van der Waals surface area contributed by atoms with Gasteiger partial charge in [0.05, 0.1) is 6.54 Å². The van der Waals surface area contributed by atoms with Crippen LogP contribution in [-0.4, -0.2) is 45.7 Å². The lowest BCUT2D eigenvalue weighted by molar-refractivity contribution is 0.243. The van der Waals surface area contributed by atoms with Gasteiger partial charge in [-0.1, -0.05) is 5.16 Å². The minimum Gasteiger partial charge on any atom is -0.338 e. The van der Waals surface area contributed by atoms with Crippen molar-refractivity contribution in [2.24, 2.45) is 5.92 Å². The smallest absolute Gasteiger partial charge is 0.241 e. The molecule has 3 rings (SSSR count). The first-order valence-electron chi connectivity index (χ1n) is 8.06. The van der Waals surface area contributed by atoms with Crippen molar-refractivity contribution in [2.45, 2.75) is 38.9 Å². The van der Waals surface area contributed by atoms with Crippen molar-refractivity contribution in [2.75, 3.05) is 13.6 Å². The molecule has 23 heavy (non-hydrogen) atoms. The van der Waals surface area contributed by atoms with Gasteiger partial charge < -0.3 is 4.52 Å². The van der Waals surface area contributed by atoms with Gasteiger partial charge in [-0.05, 0) is 51.9 Å². The average molecular weight is 316 g/mol. The van der Waals surface area contributed by atoms with Crippen molar-refractivity contribution in [3.63, 3.8) is 0 Å². The zero-order chi connectivity index (χ0) is 16.2. The summed E-state index contributed by atoms with van der Waals surface area (Å²) in [6.07, 6.45) is 4.59. The second-order valence-electron chi connectivity index (χ2n) is 6.31. The molecule has 2 aromatic rings. The largest absolute Gasteiger partial charge is 0.338 e. The number of nitrogens with zero attached hydrogens (tertiary/aromatic N) is 4. The van der Waals surface area contributed by atoms with Gasteiger partial charge in [0.15, 0.2) is 0 Å². The Balaban J connectivity index is 1.52. The Morgan fingerprint density at radius 3 is 2.74 bits per heavy atom. The molecule has 2 atom stereocenters. The van der Waals surface area contributed by atoms with Gasteiger partial charge in [0, 0.05) is 30.0 Å². The molecule has 2 N–H and O–H groups in total. The molecule has 0 aliphatic carbocycles. The van der Waals surface area contributed by atoms with E-state index in [4.69, 9.17) is 4.52 Å². The fourth-order valence-electron chi connectivity index (χ4n) is 3.02. The maximum Gasteiger partial charge on any atom is 0.241 e. The van der Waals surface area contributed by atoms with Gasteiger partial charge in [0.2, 0.25) is 11.7 Å². The number of nitrogens with one attached hydrogen (secondary N) is 2. The topological polar surface area (TPSA) is 79.1 Å². The molecule has 2 aromatic heterocycles. The summed E-state index contributed by atoms with van der Waals surface area (Å²) in [5.41, 5.74) is 7.47. The highest BCUT2D eigenvalue weighted by molar-refractivity contribution is 5.51. The van der Waals surface area contributed by atoms with Crippen LogP contribution in [0.25, 0.3) is 11.4 Å². The molecule has 0 aromatic carbocycles. The SMILES string of the molecule is CC1NNC(C)C1CCN(C)Cc1nc(-c2cccnc2)no1. The van der Waals surface area contributed by atoms with Crippen LogP contribution >= 0.6 is 0 Å². The van der Waals surface area contributed by atoms with E-state index in [1.54, 1.807) is 12.4 Å². The molecule has 7 nitrogen and oxygen atoms in total. The Kier molecular flexibility index (Phi) is 5.00. The molecule has 1 aliphatic rings. The second-order valence-corrected chi connectivity index (χ2v) is 6.31. The van der Waals surface area contributed by atoms with Crippen LogP contribution in [-0.2, 0) is 6.54 Å². The summed E-state index contributed by atoms with van der Waals surface area (Å²) in [6, 6.07) is 4.79. The third-order valence-corrected chi connectivity index (χ3v) is 4.46.